The number of carbonyl (C=O) groups excluding carboxylic acids is 1. The average Bonchev–Trinajstić information content (AvgIpc) is 2.38. The predicted molar refractivity (Wildman–Crippen MR) is 81.1 cm³/mol. The summed E-state index contributed by atoms with van der Waals surface area (Å²) < 4.78 is 0. The molecule has 2 N–H and O–H groups in total. The van der Waals surface area contributed by atoms with Gasteiger partial charge in [0.05, 0.1) is 0 Å². The number of anilines is 1. The zero-order valence-corrected chi connectivity index (χ0v) is 11.2. The van der Waals surface area contributed by atoms with E-state index in [1.807, 2.05) is 32.0 Å². The molecule has 2 nitrogen and oxygen atoms in total. The topological polar surface area (TPSA) is 43.1 Å². The summed E-state index contributed by atoms with van der Waals surface area (Å²) in [5, 5.41) is 0. The van der Waals surface area contributed by atoms with Crippen molar-refractivity contribution in [2.75, 3.05) is 5.73 Å². The molecule has 0 fully saturated rings. The molecule has 0 aliphatic rings. The number of nitrogens with two attached hydrogens (primary N) is 1. The second kappa shape index (κ2) is 5.11. The van der Waals surface area contributed by atoms with Gasteiger partial charge in [-0.15, -0.1) is 0 Å². The van der Waals surface area contributed by atoms with Crippen LogP contribution >= 0.6 is 0 Å². The lowest BCUT2D eigenvalue weighted by molar-refractivity contribution is 0.112. The minimum absolute atomic E-state index is 0.623. The molecule has 0 aliphatic carbocycles. The largest absolute Gasteiger partial charge is 0.398 e. The summed E-state index contributed by atoms with van der Waals surface area (Å²) in [5.74, 6) is 0. The lowest BCUT2D eigenvalue weighted by Crippen LogP contribution is -1.95. The lowest BCUT2D eigenvalue weighted by Gasteiger charge is -2.13. The van der Waals surface area contributed by atoms with Crippen LogP contribution in [0.4, 0.5) is 5.69 Å². The first-order valence-electron chi connectivity index (χ1n) is 6.14. The van der Waals surface area contributed by atoms with Crippen molar-refractivity contribution in [2.45, 2.75) is 13.8 Å². The van der Waals surface area contributed by atoms with Crippen LogP contribution in [0.5, 0.6) is 0 Å². The maximum Gasteiger partial charge on any atom is 0.150 e. The van der Waals surface area contributed by atoms with Crippen molar-refractivity contribution in [3.05, 3.63) is 59.7 Å². The monoisotopic (exact) mass is 251 g/mol. The molecule has 19 heavy (non-hydrogen) atoms. The third-order valence-electron chi connectivity index (χ3n) is 3.14. The minimum atomic E-state index is 0.623. The quantitative estimate of drug-likeness (QED) is 0.659. The highest BCUT2D eigenvalue weighted by Gasteiger charge is 2.10. The Bertz CT molecular complexity index is 656. The average molecular weight is 251 g/mol. The van der Waals surface area contributed by atoms with Crippen LogP contribution in [-0.4, -0.2) is 6.29 Å². The van der Waals surface area contributed by atoms with E-state index < -0.39 is 0 Å². The van der Waals surface area contributed by atoms with Crippen LogP contribution in [-0.2, 0) is 0 Å². The van der Waals surface area contributed by atoms with E-state index in [1.54, 1.807) is 12.1 Å². The van der Waals surface area contributed by atoms with Crippen molar-refractivity contribution in [2.24, 2.45) is 0 Å². The molecule has 96 valence electrons. The summed E-state index contributed by atoms with van der Waals surface area (Å²) >= 11 is 0. The third kappa shape index (κ3) is 2.58. The van der Waals surface area contributed by atoms with Gasteiger partial charge < -0.3 is 5.73 Å². The Morgan fingerprint density at radius 3 is 2.53 bits per heavy atom. The van der Waals surface area contributed by atoms with Gasteiger partial charge in [-0.1, -0.05) is 35.9 Å². The molecule has 0 radical (unpaired) electrons. The number of rotatable bonds is 3. The Morgan fingerprint density at radius 2 is 1.89 bits per heavy atom. The van der Waals surface area contributed by atoms with Crippen molar-refractivity contribution in [3.63, 3.8) is 0 Å². The Labute approximate surface area is 113 Å². The van der Waals surface area contributed by atoms with Crippen molar-refractivity contribution in [3.8, 4) is 11.1 Å². The van der Waals surface area contributed by atoms with Crippen LogP contribution in [0.1, 0.15) is 28.4 Å². The second-order valence-electron chi connectivity index (χ2n) is 4.79. The smallest absolute Gasteiger partial charge is 0.150 e. The van der Waals surface area contributed by atoms with Gasteiger partial charge in [0, 0.05) is 16.8 Å². The zero-order valence-electron chi connectivity index (χ0n) is 11.2. The molecule has 0 heterocycles. The summed E-state index contributed by atoms with van der Waals surface area (Å²) in [6.07, 6.45) is 0.833. The highest BCUT2D eigenvalue weighted by Crippen LogP contribution is 2.33. The Morgan fingerprint density at radius 1 is 1.16 bits per heavy atom. The summed E-state index contributed by atoms with van der Waals surface area (Å²) in [7, 11) is 0. The van der Waals surface area contributed by atoms with E-state index in [0.717, 1.165) is 34.1 Å². The van der Waals surface area contributed by atoms with E-state index >= 15 is 0 Å². The van der Waals surface area contributed by atoms with Crippen molar-refractivity contribution < 1.29 is 4.79 Å². The molecule has 0 saturated heterocycles. The molecule has 2 aromatic rings. The zero-order chi connectivity index (χ0) is 14.0. The van der Waals surface area contributed by atoms with Gasteiger partial charge in [0.15, 0.2) is 0 Å². The van der Waals surface area contributed by atoms with Gasteiger partial charge >= 0.3 is 0 Å². The molecule has 2 rings (SSSR count). The molecule has 0 aliphatic heterocycles. The van der Waals surface area contributed by atoms with Gasteiger partial charge in [0.25, 0.3) is 0 Å². The lowest BCUT2D eigenvalue weighted by atomic mass is 9.92. The number of nitrogen functional groups attached to an aromatic ring is 1. The van der Waals surface area contributed by atoms with E-state index in [0.29, 0.717) is 11.3 Å². The second-order valence-corrected chi connectivity index (χ2v) is 4.79. The summed E-state index contributed by atoms with van der Waals surface area (Å²) in [4.78, 5) is 10.9. The number of hydrogen-bond acceptors (Lipinski definition) is 2. The Kier molecular flexibility index (Phi) is 3.52. The molecule has 0 bridgehead atoms. The molecule has 2 aromatic carbocycles. The number of benzene rings is 2. The fourth-order valence-electron chi connectivity index (χ4n) is 2.13. The van der Waals surface area contributed by atoms with Crippen LogP contribution < -0.4 is 5.73 Å². The van der Waals surface area contributed by atoms with Crippen LogP contribution in [0.2, 0.25) is 0 Å². The molecular weight excluding hydrogens is 234 g/mol. The first-order chi connectivity index (χ1) is 9.02. The molecule has 0 amide bonds. The minimum Gasteiger partial charge on any atom is -0.398 e. The van der Waals surface area contributed by atoms with E-state index in [-0.39, 0.29) is 0 Å². The van der Waals surface area contributed by atoms with Gasteiger partial charge in [0.2, 0.25) is 0 Å². The Balaban J connectivity index is 2.73. The maximum absolute atomic E-state index is 10.9. The molecule has 0 unspecified atom stereocenters. The van der Waals surface area contributed by atoms with Crippen LogP contribution in [0.25, 0.3) is 16.7 Å². The molecule has 0 spiro atoms. The SMILES string of the molecule is C=C(C)c1ccc(C)cc1-c1cc(C=O)ccc1N. The van der Waals surface area contributed by atoms with Gasteiger partial charge in [0.1, 0.15) is 6.29 Å². The first kappa shape index (κ1) is 13.1. The first-order valence-corrected chi connectivity index (χ1v) is 6.14. The number of carbonyl (C=O) groups is 1. The molecule has 2 heteroatoms. The maximum atomic E-state index is 10.9. The molecule has 0 aromatic heterocycles. The van der Waals surface area contributed by atoms with E-state index in [2.05, 4.69) is 12.6 Å². The van der Waals surface area contributed by atoms with E-state index in [9.17, 15) is 4.79 Å². The highest BCUT2D eigenvalue weighted by molar-refractivity contribution is 5.89. The van der Waals surface area contributed by atoms with Gasteiger partial charge in [-0.2, -0.15) is 0 Å². The molecule has 0 saturated carbocycles. The van der Waals surface area contributed by atoms with Gasteiger partial charge in [-0.25, -0.2) is 0 Å². The fourth-order valence-corrected chi connectivity index (χ4v) is 2.13. The standard InChI is InChI=1S/C17H17NO/c1-11(2)14-6-4-12(3)8-15(14)16-9-13(10-19)5-7-17(16)18/h4-10H,1,18H2,2-3H3. The molecule has 0 atom stereocenters. The number of aryl methyl sites for hydroxylation is 1. The van der Waals surface area contributed by atoms with Crippen LogP contribution in [0.3, 0.4) is 0 Å². The van der Waals surface area contributed by atoms with Crippen LogP contribution in [0.15, 0.2) is 43.0 Å². The van der Waals surface area contributed by atoms with E-state index in [4.69, 9.17) is 5.73 Å². The van der Waals surface area contributed by atoms with Gasteiger partial charge in [-0.3, -0.25) is 4.79 Å². The summed E-state index contributed by atoms with van der Waals surface area (Å²) in [6, 6.07) is 11.5. The van der Waals surface area contributed by atoms with Gasteiger partial charge in [-0.05, 0) is 43.2 Å². The number of hydrogen-bond donors (Lipinski definition) is 1. The van der Waals surface area contributed by atoms with Crippen molar-refractivity contribution in [1.82, 2.24) is 0 Å². The molecular formula is C17H17NO. The number of allylic oxidation sites excluding steroid dienone is 1. The predicted octanol–water partition coefficient (Wildman–Crippen LogP) is 4.09. The number of aldehydes is 1. The third-order valence-corrected chi connectivity index (χ3v) is 3.14. The summed E-state index contributed by atoms with van der Waals surface area (Å²) in [5.41, 5.74) is 12.4. The van der Waals surface area contributed by atoms with Crippen molar-refractivity contribution >= 4 is 17.5 Å². The van der Waals surface area contributed by atoms with Crippen molar-refractivity contribution in [1.29, 1.82) is 0 Å². The normalized spacial score (nSPS) is 10.2. The highest BCUT2D eigenvalue weighted by atomic mass is 16.1. The van der Waals surface area contributed by atoms with Crippen LogP contribution in [0, 0.1) is 6.92 Å². The fraction of sp³-hybridized carbons (Fsp3) is 0.118. The summed E-state index contributed by atoms with van der Waals surface area (Å²) in [6.45, 7) is 8.00. The Hall–Kier alpha value is -2.35. The van der Waals surface area contributed by atoms with E-state index in [1.165, 1.54) is 0 Å².